The van der Waals surface area contributed by atoms with Gasteiger partial charge in [-0.15, -0.1) is 0 Å². The molecule has 0 spiro atoms. The lowest BCUT2D eigenvalue weighted by molar-refractivity contribution is -0.136. The van der Waals surface area contributed by atoms with E-state index in [4.69, 9.17) is 0 Å². The van der Waals surface area contributed by atoms with Crippen LogP contribution in [0.25, 0.3) is 28.0 Å². The summed E-state index contributed by atoms with van der Waals surface area (Å²) in [6.45, 7) is 6.20. The number of rotatable bonds is 7. The molecule has 0 radical (unpaired) electrons. The number of hydrogen-bond acceptors (Lipinski definition) is 7. The van der Waals surface area contributed by atoms with Crippen LogP contribution in [-0.2, 0) is 16.1 Å². The van der Waals surface area contributed by atoms with Gasteiger partial charge >= 0.3 is 5.69 Å². The molecule has 1 fully saturated rings. The van der Waals surface area contributed by atoms with Crippen molar-refractivity contribution in [2.75, 3.05) is 0 Å². The van der Waals surface area contributed by atoms with E-state index in [9.17, 15) is 29.4 Å². The summed E-state index contributed by atoms with van der Waals surface area (Å²) in [4.78, 5) is 52.4. The van der Waals surface area contributed by atoms with Gasteiger partial charge in [-0.1, -0.05) is 32.9 Å². The zero-order chi connectivity index (χ0) is 33.1. The molecule has 12 nitrogen and oxygen atoms in total. The van der Waals surface area contributed by atoms with Crippen molar-refractivity contribution >= 4 is 28.6 Å². The van der Waals surface area contributed by atoms with Crippen LogP contribution in [0, 0.1) is 0 Å². The number of benzene rings is 3. The standard InChI is InChI=1S/C35H34N6O6/c1-4-26(21-6-5-7-22-25(21)17-40(34(22)46)28-10-11-31(44)36-33(28)45)39-13-12-19-14-20(8-9-27(19)39)41-32(37-38-35(41)47)24-15-23(18(2)3)29(42)16-30(24)43/h5-9,12-16,18,26,28,42-43H,4,10-11,17H2,1-3H3,(H,38,47)(H,36,44,45). The van der Waals surface area contributed by atoms with Crippen molar-refractivity contribution in [3.05, 3.63) is 93.5 Å². The smallest absolute Gasteiger partial charge is 0.348 e. The van der Waals surface area contributed by atoms with E-state index in [1.54, 1.807) is 17.0 Å². The Morgan fingerprint density at radius 1 is 0.957 bits per heavy atom. The first kappa shape index (κ1) is 30.0. The van der Waals surface area contributed by atoms with Gasteiger partial charge in [-0.05, 0) is 71.8 Å². The third-order valence-electron chi connectivity index (χ3n) is 9.34. The van der Waals surface area contributed by atoms with Gasteiger partial charge in [0.05, 0.1) is 17.3 Å². The highest BCUT2D eigenvalue weighted by Gasteiger charge is 2.40. The van der Waals surface area contributed by atoms with Crippen LogP contribution in [0.4, 0.5) is 0 Å². The summed E-state index contributed by atoms with van der Waals surface area (Å²) in [6.07, 6.45) is 3.20. The van der Waals surface area contributed by atoms with E-state index in [0.29, 0.717) is 28.8 Å². The molecule has 240 valence electrons. The summed E-state index contributed by atoms with van der Waals surface area (Å²) in [5.74, 6) is -1.02. The SMILES string of the molecule is CCC(c1cccc2c1CN(C1CCC(=O)NC1=O)C2=O)n1ccc2cc(-n3c(-c4cc(C(C)C)c(O)cc4O)n[nH]c3=O)ccc21. The summed E-state index contributed by atoms with van der Waals surface area (Å²) in [5, 5.41) is 31.0. The maximum atomic E-state index is 13.5. The number of nitrogens with one attached hydrogen (secondary N) is 2. The number of hydrogen-bond donors (Lipinski definition) is 4. The second-order valence-corrected chi connectivity index (χ2v) is 12.4. The number of H-pyrrole nitrogens is 1. The van der Waals surface area contributed by atoms with Crippen molar-refractivity contribution in [2.24, 2.45) is 0 Å². The monoisotopic (exact) mass is 634 g/mol. The van der Waals surface area contributed by atoms with Gasteiger partial charge in [-0.3, -0.25) is 19.7 Å². The first-order chi connectivity index (χ1) is 22.6. The van der Waals surface area contributed by atoms with E-state index < -0.39 is 17.6 Å². The van der Waals surface area contributed by atoms with Crippen molar-refractivity contribution in [3.63, 3.8) is 0 Å². The molecule has 12 heteroatoms. The number of carbonyl (C=O) groups is 3. The number of fused-ring (bicyclic) bond motifs is 2. The molecule has 2 unspecified atom stereocenters. The van der Waals surface area contributed by atoms with Gasteiger partial charge in [0.2, 0.25) is 11.8 Å². The number of phenolic OH excluding ortho intramolecular Hbond substituents is 2. The quantitative estimate of drug-likeness (QED) is 0.192. The van der Waals surface area contributed by atoms with Gasteiger partial charge in [0, 0.05) is 41.7 Å². The first-order valence-electron chi connectivity index (χ1n) is 15.7. The van der Waals surface area contributed by atoms with Crippen molar-refractivity contribution < 1.29 is 24.6 Å². The predicted octanol–water partition coefficient (Wildman–Crippen LogP) is 4.48. The van der Waals surface area contributed by atoms with Crippen LogP contribution in [0.3, 0.4) is 0 Å². The molecule has 4 heterocycles. The van der Waals surface area contributed by atoms with Gasteiger partial charge in [-0.2, -0.15) is 5.10 Å². The molecule has 1 saturated heterocycles. The average Bonchev–Trinajstić information content (AvgIpc) is 3.73. The van der Waals surface area contributed by atoms with Gasteiger partial charge in [0.1, 0.15) is 17.5 Å². The Morgan fingerprint density at radius 2 is 1.77 bits per heavy atom. The minimum Gasteiger partial charge on any atom is -0.508 e. The minimum absolute atomic E-state index is 0.0273. The van der Waals surface area contributed by atoms with E-state index in [-0.39, 0.29) is 54.1 Å². The topological polar surface area (TPSA) is 163 Å². The second-order valence-electron chi connectivity index (χ2n) is 12.4. The summed E-state index contributed by atoms with van der Waals surface area (Å²) < 4.78 is 3.54. The molecule has 2 aliphatic heterocycles. The molecular formula is C35H34N6O6. The third kappa shape index (κ3) is 4.87. The van der Waals surface area contributed by atoms with Gasteiger partial charge in [0.15, 0.2) is 5.82 Å². The number of carbonyl (C=O) groups excluding carboxylic acids is 3. The number of aromatic nitrogens is 4. The number of piperidine rings is 1. The fourth-order valence-corrected chi connectivity index (χ4v) is 7.00. The van der Waals surface area contributed by atoms with Crippen LogP contribution < -0.4 is 11.0 Å². The number of nitrogens with zero attached hydrogens (tertiary/aromatic N) is 4. The second kappa shape index (κ2) is 11.3. The van der Waals surface area contributed by atoms with Gasteiger partial charge in [-0.25, -0.2) is 14.5 Å². The van der Waals surface area contributed by atoms with E-state index in [1.807, 2.05) is 56.4 Å². The summed E-state index contributed by atoms with van der Waals surface area (Å²) in [6, 6.07) is 15.3. The first-order valence-corrected chi connectivity index (χ1v) is 15.7. The van der Waals surface area contributed by atoms with Crippen molar-refractivity contribution in [1.29, 1.82) is 0 Å². The highest BCUT2D eigenvalue weighted by atomic mass is 16.3. The van der Waals surface area contributed by atoms with Crippen molar-refractivity contribution in [2.45, 2.75) is 64.6 Å². The molecule has 0 saturated carbocycles. The lowest BCUT2D eigenvalue weighted by Crippen LogP contribution is -2.52. The van der Waals surface area contributed by atoms with Crippen LogP contribution in [0.5, 0.6) is 11.5 Å². The molecule has 47 heavy (non-hydrogen) atoms. The van der Waals surface area contributed by atoms with Crippen LogP contribution in [-0.4, -0.2) is 58.2 Å². The highest BCUT2D eigenvalue weighted by molar-refractivity contribution is 6.05. The normalized spacial score (nSPS) is 17.1. The maximum Gasteiger partial charge on any atom is 0.348 e. The Labute approximate surface area is 269 Å². The van der Waals surface area contributed by atoms with E-state index >= 15 is 0 Å². The Bertz CT molecular complexity index is 2160. The fraction of sp³-hybridized carbons (Fsp3) is 0.286. The Balaban J connectivity index is 1.25. The van der Waals surface area contributed by atoms with E-state index in [2.05, 4.69) is 27.0 Å². The summed E-state index contributed by atoms with van der Waals surface area (Å²) >= 11 is 0. The third-order valence-corrected chi connectivity index (χ3v) is 9.34. The minimum atomic E-state index is -0.692. The maximum absolute atomic E-state index is 13.5. The van der Waals surface area contributed by atoms with Crippen molar-refractivity contribution in [3.8, 4) is 28.6 Å². The van der Waals surface area contributed by atoms with Crippen LogP contribution in [0.2, 0.25) is 0 Å². The van der Waals surface area contributed by atoms with Gasteiger partial charge in [0.25, 0.3) is 5.91 Å². The lowest BCUT2D eigenvalue weighted by atomic mass is 9.95. The van der Waals surface area contributed by atoms with Crippen LogP contribution >= 0.6 is 0 Å². The van der Waals surface area contributed by atoms with Crippen LogP contribution in [0.1, 0.15) is 79.0 Å². The molecule has 0 bridgehead atoms. The molecule has 4 N–H and O–H groups in total. The Hall–Kier alpha value is -5.65. The average molecular weight is 635 g/mol. The molecular weight excluding hydrogens is 600 g/mol. The van der Waals surface area contributed by atoms with E-state index in [0.717, 1.165) is 28.5 Å². The largest absolute Gasteiger partial charge is 0.508 e. The molecule has 0 aliphatic carbocycles. The zero-order valence-corrected chi connectivity index (χ0v) is 26.2. The summed E-state index contributed by atoms with van der Waals surface area (Å²) in [7, 11) is 0. The van der Waals surface area contributed by atoms with Crippen LogP contribution in [0.15, 0.2) is 65.6 Å². The highest BCUT2D eigenvalue weighted by Crippen LogP contribution is 2.39. The molecule has 5 aromatic rings. The predicted molar refractivity (Wildman–Crippen MR) is 173 cm³/mol. The lowest BCUT2D eigenvalue weighted by Gasteiger charge is -2.29. The Morgan fingerprint density at radius 3 is 2.51 bits per heavy atom. The summed E-state index contributed by atoms with van der Waals surface area (Å²) in [5.41, 5.74) is 4.32. The fourth-order valence-electron chi connectivity index (χ4n) is 7.00. The van der Waals surface area contributed by atoms with Gasteiger partial charge < -0.3 is 19.7 Å². The molecule has 2 aromatic heterocycles. The molecule has 2 aliphatic rings. The molecule has 3 aromatic carbocycles. The number of imide groups is 1. The van der Waals surface area contributed by atoms with E-state index in [1.165, 1.54) is 10.6 Å². The number of aromatic amines is 1. The zero-order valence-electron chi connectivity index (χ0n) is 26.2. The molecule has 7 rings (SSSR count). The number of amides is 3. The Kier molecular flexibility index (Phi) is 7.22. The molecule has 2 atom stereocenters. The number of phenols is 2. The van der Waals surface area contributed by atoms with Crippen molar-refractivity contribution in [1.82, 2.24) is 29.5 Å². The molecule has 3 amide bonds. The number of aromatic hydroxyl groups is 2.